The molecule has 1 saturated heterocycles. The fraction of sp³-hybridized carbons (Fsp3) is 0.524. The van der Waals surface area contributed by atoms with Crippen molar-refractivity contribution in [1.29, 1.82) is 0 Å². The van der Waals surface area contributed by atoms with Gasteiger partial charge in [-0.05, 0) is 64.4 Å². The van der Waals surface area contributed by atoms with E-state index >= 15 is 0 Å². The number of hydrogen-bond acceptors (Lipinski definition) is 4. The summed E-state index contributed by atoms with van der Waals surface area (Å²) < 4.78 is 7.70. The molecule has 2 aromatic rings. The average Bonchev–Trinajstić information content (AvgIpc) is 3.14. The number of likely N-dealkylation sites (tertiary alicyclic amines) is 1. The maximum Gasteiger partial charge on any atom is 0.167 e. The molecule has 5 heteroatoms. The van der Waals surface area contributed by atoms with Crippen molar-refractivity contribution in [2.45, 2.75) is 45.8 Å². The Morgan fingerprint density at radius 2 is 2.19 bits per heavy atom. The van der Waals surface area contributed by atoms with Crippen LogP contribution in [-0.2, 0) is 6.54 Å². The summed E-state index contributed by atoms with van der Waals surface area (Å²) in [5, 5.41) is 4.24. The number of hydrogen-bond donors (Lipinski definition) is 0. The molecule has 0 aliphatic carbocycles. The molecule has 3 rings (SSSR count). The Bertz CT molecular complexity index is 697. The van der Waals surface area contributed by atoms with Crippen molar-refractivity contribution >= 4 is 5.78 Å². The molecule has 5 nitrogen and oxygen atoms in total. The lowest BCUT2D eigenvalue weighted by Crippen LogP contribution is -2.39. The van der Waals surface area contributed by atoms with E-state index in [1.165, 1.54) is 0 Å². The highest BCUT2D eigenvalue weighted by atomic mass is 16.5. The second-order valence-corrected chi connectivity index (χ2v) is 7.32. The fourth-order valence-electron chi connectivity index (χ4n) is 3.59. The van der Waals surface area contributed by atoms with E-state index in [1.807, 2.05) is 61.3 Å². The number of rotatable bonds is 8. The largest absolute Gasteiger partial charge is 0.491 e. The summed E-state index contributed by atoms with van der Waals surface area (Å²) in [4.78, 5) is 15.4. The van der Waals surface area contributed by atoms with Gasteiger partial charge in [-0.15, -0.1) is 0 Å². The monoisotopic (exact) mass is 355 g/mol. The van der Waals surface area contributed by atoms with Crippen LogP contribution >= 0.6 is 0 Å². The SMILES string of the molecule is CC(C)Oc1cccc(C(=O)[C@@H]2CCCN(CCCn3cccn3)C2)c1. The van der Waals surface area contributed by atoms with Gasteiger partial charge in [-0.2, -0.15) is 5.10 Å². The first-order valence-electron chi connectivity index (χ1n) is 9.62. The summed E-state index contributed by atoms with van der Waals surface area (Å²) in [6.45, 7) is 7.87. The average molecular weight is 355 g/mol. The number of ketones is 1. The number of carbonyl (C=O) groups is 1. The first-order valence-corrected chi connectivity index (χ1v) is 9.62. The van der Waals surface area contributed by atoms with Gasteiger partial charge in [-0.1, -0.05) is 12.1 Å². The molecule has 0 unspecified atom stereocenters. The standard InChI is InChI=1S/C21H29N3O2/c1-17(2)26-20-9-3-7-18(15-20)21(25)19-8-4-11-23(16-19)12-6-14-24-13-5-10-22-24/h3,5,7,9-10,13,15,17,19H,4,6,8,11-12,14,16H2,1-2H3/t19-/m1/s1. The Balaban J connectivity index is 1.54. The topological polar surface area (TPSA) is 47.4 Å². The number of piperidine rings is 1. The molecule has 0 amide bonds. The van der Waals surface area contributed by atoms with Gasteiger partial charge in [0.2, 0.25) is 0 Å². The Morgan fingerprint density at radius 1 is 1.31 bits per heavy atom. The van der Waals surface area contributed by atoms with Crippen LogP contribution in [0.15, 0.2) is 42.7 Å². The lowest BCUT2D eigenvalue weighted by molar-refractivity contribution is 0.0816. The number of aryl methyl sites for hydroxylation is 1. The van der Waals surface area contributed by atoms with E-state index < -0.39 is 0 Å². The van der Waals surface area contributed by atoms with Crippen LogP contribution in [0.2, 0.25) is 0 Å². The first kappa shape index (κ1) is 18.6. The van der Waals surface area contributed by atoms with Crippen LogP contribution in [0, 0.1) is 5.92 Å². The zero-order valence-electron chi connectivity index (χ0n) is 15.8. The van der Waals surface area contributed by atoms with Gasteiger partial charge in [0.1, 0.15) is 5.75 Å². The number of aromatic nitrogens is 2. The van der Waals surface area contributed by atoms with Gasteiger partial charge in [0.15, 0.2) is 5.78 Å². The van der Waals surface area contributed by atoms with Crippen LogP contribution in [0.4, 0.5) is 0 Å². The maximum atomic E-state index is 12.9. The van der Waals surface area contributed by atoms with Crippen molar-refractivity contribution < 1.29 is 9.53 Å². The predicted molar refractivity (Wildman–Crippen MR) is 103 cm³/mol. The van der Waals surface area contributed by atoms with Crippen LogP contribution in [-0.4, -0.2) is 46.2 Å². The molecule has 1 aliphatic heterocycles. The zero-order valence-corrected chi connectivity index (χ0v) is 15.8. The smallest absolute Gasteiger partial charge is 0.167 e. The van der Waals surface area contributed by atoms with E-state index in [1.54, 1.807) is 0 Å². The number of ether oxygens (including phenoxy) is 1. The van der Waals surface area contributed by atoms with Crippen molar-refractivity contribution in [1.82, 2.24) is 14.7 Å². The molecule has 0 N–H and O–H groups in total. The lowest BCUT2D eigenvalue weighted by Gasteiger charge is -2.32. The van der Waals surface area contributed by atoms with E-state index in [2.05, 4.69) is 10.00 Å². The minimum atomic E-state index is 0.0859. The van der Waals surface area contributed by atoms with Crippen LogP contribution < -0.4 is 4.74 Å². The lowest BCUT2D eigenvalue weighted by atomic mass is 9.90. The molecule has 1 atom stereocenters. The molecule has 26 heavy (non-hydrogen) atoms. The van der Waals surface area contributed by atoms with E-state index in [9.17, 15) is 4.79 Å². The normalized spacial score (nSPS) is 18.2. The minimum absolute atomic E-state index is 0.0859. The Morgan fingerprint density at radius 3 is 2.96 bits per heavy atom. The van der Waals surface area contributed by atoms with E-state index in [-0.39, 0.29) is 17.8 Å². The van der Waals surface area contributed by atoms with Gasteiger partial charge >= 0.3 is 0 Å². The van der Waals surface area contributed by atoms with E-state index in [4.69, 9.17) is 4.74 Å². The van der Waals surface area contributed by atoms with Crippen molar-refractivity contribution in [2.75, 3.05) is 19.6 Å². The molecule has 2 heterocycles. The maximum absolute atomic E-state index is 12.9. The highest BCUT2D eigenvalue weighted by molar-refractivity contribution is 5.98. The number of benzene rings is 1. The Hall–Kier alpha value is -2.14. The second-order valence-electron chi connectivity index (χ2n) is 7.32. The van der Waals surface area contributed by atoms with Gasteiger partial charge in [-0.25, -0.2) is 0 Å². The first-order chi connectivity index (χ1) is 12.6. The molecule has 1 fully saturated rings. The molecule has 1 aromatic heterocycles. The number of carbonyl (C=O) groups excluding carboxylic acids is 1. The molecular formula is C21H29N3O2. The number of nitrogens with zero attached hydrogens (tertiary/aromatic N) is 3. The summed E-state index contributed by atoms with van der Waals surface area (Å²) in [6, 6.07) is 9.58. The molecule has 1 aliphatic rings. The second kappa shape index (κ2) is 8.99. The third kappa shape index (κ3) is 5.18. The van der Waals surface area contributed by atoms with Gasteiger partial charge in [0.25, 0.3) is 0 Å². The molecule has 0 spiro atoms. The summed E-state index contributed by atoms with van der Waals surface area (Å²) in [5.41, 5.74) is 0.770. The Labute approximate surface area is 156 Å². The summed E-state index contributed by atoms with van der Waals surface area (Å²) >= 11 is 0. The molecule has 0 bridgehead atoms. The highest BCUT2D eigenvalue weighted by Crippen LogP contribution is 2.23. The van der Waals surface area contributed by atoms with E-state index in [0.717, 1.165) is 56.8 Å². The van der Waals surface area contributed by atoms with Gasteiger partial charge in [-0.3, -0.25) is 9.48 Å². The third-order valence-electron chi connectivity index (χ3n) is 4.79. The third-order valence-corrected chi connectivity index (χ3v) is 4.79. The quantitative estimate of drug-likeness (QED) is 0.678. The van der Waals surface area contributed by atoms with Crippen molar-refractivity contribution in [3.63, 3.8) is 0 Å². The molecular weight excluding hydrogens is 326 g/mol. The number of Topliss-reactive ketones (excluding diaryl/α,β-unsaturated/α-hetero) is 1. The van der Waals surface area contributed by atoms with Crippen molar-refractivity contribution in [3.05, 3.63) is 48.3 Å². The minimum Gasteiger partial charge on any atom is -0.491 e. The van der Waals surface area contributed by atoms with Crippen molar-refractivity contribution in [2.24, 2.45) is 5.92 Å². The van der Waals surface area contributed by atoms with Crippen LogP contribution in [0.1, 0.15) is 43.5 Å². The zero-order chi connectivity index (χ0) is 18.4. The molecule has 140 valence electrons. The summed E-state index contributed by atoms with van der Waals surface area (Å²) in [6.07, 6.45) is 7.03. The van der Waals surface area contributed by atoms with E-state index in [0.29, 0.717) is 0 Å². The van der Waals surface area contributed by atoms with Crippen LogP contribution in [0.5, 0.6) is 5.75 Å². The van der Waals surface area contributed by atoms with Gasteiger partial charge in [0.05, 0.1) is 6.10 Å². The Kier molecular flexibility index (Phi) is 6.45. The van der Waals surface area contributed by atoms with Gasteiger partial charge in [0, 0.05) is 37.0 Å². The molecule has 0 saturated carbocycles. The molecule has 1 aromatic carbocycles. The fourth-order valence-corrected chi connectivity index (χ4v) is 3.59. The highest BCUT2D eigenvalue weighted by Gasteiger charge is 2.26. The van der Waals surface area contributed by atoms with Gasteiger partial charge < -0.3 is 9.64 Å². The summed E-state index contributed by atoms with van der Waals surface area (Å²) in [7, 11) is 0. The van der Waals surface area contributed by atoms with Crippen LogP contribution in [0.25, 0.3) is 0 Å². The molecule has 0 radical (unpaired) electrons. The van der Waals surface area contributed by atoms with Crippen LogP contribution in [0.3, 0.4) is 0 Å². The van der Waals surface area contributed by atoms with Crippen molar-refractivity contribution in [3.8, 4) is 5.75 Å². The summed E-state index contributed by atoms with van der Waals surface area (Å²) in [5.74, 6) is 1.11. The predicted octanol–water partition coefficient (Wildman–Crippen LogP) is 3.66.